The Balaban J connectivity index is 2.26. The van der Waals surface area contributed by atoms with Crippen molar-refractivity contribution in [3.8, 4) is 5.75 Å². The first kappa shape index (κ1) is 9.81. The highest BCUT2D eigenvalue weighted by molar-refractivity contribution is 6.32. The zero-order valence-electron chi connectivity index (χ0n) is 7.96. The zero-order valence-corrected chi connectivity index (χ0v) is 8.72. The highest BCUT2D eigenvalue weighted by atomic mass is 35.5. The Labute approximate surface area is 88.9 Å². The lowest BCUT2D eigenvalue weighted by molar-refractivity contribution is 0.409. The van der Waals surface area contributed by atoms with Gasteiger partial charge in [-0.25, -0.2) is 0 Å². The van der Waals surface area contributed by atoms with E-state index < -0.39 is 0 Å². The van der Waals surface area contributed by atoms with E-state index in [2.05, 4.69) is 5.32 Å². The van der Waals surface area contributed by atoms with Gasteiger partial charge in [-0.15, -0.1) is 0 Å². The van der Waals surface area contributed by atoms with Crippen molar-refractivity contribution >= 4 is 11.6 Å². The van der Waals surface area contributed by atoms with Crippen LogP contribution in [0.1, 0.15) is 30.9 Å². The summed E-state index contributed by atoms with van der Waals surface area (Å²) < 4.78 is 0. The maximum atomic E-state index is 9.47. The number of hydrogen-bond acceptors (Lipinski definition) is 2. The van der Waals surface area contributed by atoms with E-state index in [1.54, 1.807) is 6.07 Å². The van der Waals surface area contributed by atoms with Gasteiger partial charge in [-0.05, 0) is 31.0 Å². The molecule has 1 aliphatic rings. The molecule has 0 aliphatic carbocycles. The van der Waals surface area contributed by atoms with Gasteiger partial charge in [-0.3, -0.25) is 0 Å². The molecule has 14 heavy (non-hydrogen) atoms. The van der Waals surface area contributed by atoms with Gasteiger partial charge >= 0.3 is 0 Å². The molecule has 0 saturated carbocycles. The SMILES string of the molecule is Oc1cccc(C2CCCCN2)c1Cl. The quantitative estimate of drug-likeness (QED) is 0.749. The van der Waals surface area contributed by atoms with Crippen LogP contribution in [0, 0.1) is 0 Å². The molecule has 1 saturated heterocycles. The second-order valence-corrected chi connectivity index (χ2v) is 4.06. The van der Waals surface area contributed by atoms with Crippen molar-refractivity contribution < 1.29 is 5.11 Å². The number of phenols is 1. The van der Waals surface area contributed by atoms with Crippen LogP contribution in [0.25, 0.3) is 0 Å². The second-order valence-electron chi connectivity index (χ2n) is 3.68. The molecule has 0 aromatic heterocycles. The van der Waals surface area contributed by atoms with Crippen LogP contribution >= 0.6 is 11.6 Å². The number of nitrogens with one attached hydrogen (secondary N) is 1. The largest absolute Gasteiger partial charge is 0.506 e. The third-order valence-corrected chi connectivity index (χ3v) is 3.11. The fourth-order valence-corrected chi connectivity index (χ4v) is 2.18. The first-order valence-corrected chi connectivity index (χ1v) is 5.37. The minimum absolute atomic E-state index is 0.177. The van der Waals surface area contributed by atoms with E-state index in [1.807, 2.05) is 12.1 Å². The Kier molecular flexibility index (Phi) is 2.94. The lowest BCUT2D eigenvalue weighted by Crippen LogP contribution is -2.26. The summed E-state index contributed by atoms with van der Waals surface area (Å²) in [5.74, 6) is 0.177. The maximum Gasteiger partial charge on any atom is 0.134 e. The van der Waals surface area contributed by atoms with Gasteiger partial charge in [0.05, 0.1) is 5.02 Å². The second kappa shape index (κ2) is 4.20. The van der Waals surface area contributed by atoms with E-state index in [0.29, 0.717) is 11.1 Å². The van der Waals surface area contributed by atoms with Crippen LogP contribution in [-0.4, -0.2) is 11.7 Å². The molecule has 1 heterocycles. The average Bonchev–Trinajstić information content (AvgIpc) is 2.23. The van der Waals surface area contributed by atoms with Crippen molar-refractivity contribution in [2.75, 3.05) is 6.54 Å². The van der Waals surface area contributed by atoms with Crippen molar-refractivity contribution in [3.05, 3.63) is 28.8 Å². The minimum Gasteiger partial charge on any atom is -0.506 e. The predicted molar refractivity (Wildman–Crippen MR) is 57.7 cm³/mol. The van der Waals surface area contributed by atoms with E-state index in [4.69, 9.17) is 11.6 Å². The van der Waals surface area contributed by atoms with Crippen LogP contribution in [0.4, 0.5) is 0 Å². The van der Waals surface area contributed by atoms with Gasteiger partial charge in [0.2, 0.25) is 0 Å². The van der Waals surface area contributed by atoms with E-state index >= 15 is 0 Å². The first-order valence-electron chi connectivity index (χ1n) is 5.00. The Bertz CT molecular complexity index is 321. The Hall–Kier alpha value is -0.730. The minimum atomic E-state index is 0.177. The first-order chi connectivity index (χ1) is 6.79. The van der Waals surface area contributed by atoms with Crippen molar-refractivity contribution in [2.24, 2.45) is 0 Å². The van der Waals surface area contributed by atoms with E-state index in [9.17, 15) is 5.11 Å². The summed E-state index contributed by atoms with van der Waals surface area (Å²) in [7, 11) is 0. The molecule has 76 valence electrons. The van der Waals surface area contributed by atoms with E-state index in [1.165, 1.54) is 12.8 Å². The summed E-state index contributed by atoms with van der Waals surface area (Å²) in [6.07, 6.45) is 3.56. The average molecular weight is 212 g/mol. The molecule has 1 aromatic carbocycles. The van der Waals surface area contributed by atoms with Crippen LogP contribution in [0.3, 0.4) is 0 Å². The summed E-state index contributed by atoms with van der Waals surface area (Å²) in [6, 6.07) is 5.75. The summed E-state index contributed by atoms with van der Waals surface area (Å²) >= 11 is 6.04. The Morgan fingerprint density at radius 1 is 1.36 bits per heavy atom. The fraction of sp³-hybridized carbons (Fsp3) is 0.455. The normalized spacial score (nSPS) is 22.2. The molecule has 3 heteroatoms. The summed E-state index contributed by atoms with van der Waals surface area (Å²) in [5, 5.41) is 13.4. The molecular formula is C11H14ClNO. The molecule has 1 aliphatic heterocycles. The van der Waals surface area contributed by atoms with Crippen molar-refractivity contribution in [2.45, 2.75) is 25.3 Å². The number of benzene rings is 1. The zero-order chi connectivity index (χ0) is 9.97. The standard InChI is InChI=1S/C11H14ClNO/c12-11-8(4-3-6-10(11)14)9-5-1-2-7-13-9/h3-4,6,9,13-14H,1-2,5,7H2. The molecule has 0 amide bonds. The number of aromatic hydroxyl groups is 1. The monoisotopic (exact) mass is 211 g/mol. The molecule has 0 bridgehead atoms. The third-order valence-electron chi connectivity index (χ3n) is 2.69. The summed E-state index contributed by atoms with van der Waals surface area (Å²) in [6.45, 7) is 1.04. The number of halogens is 1. The van der Waals surface area contributed by atoms with Gasteiger partial charge in [-0.1, -0.05) is 30.2 Å². The number of rotatable bonds is 1. The Morgan fingerprint density at radius 3 is 2.93 bits per heavy atom. The van der Waals surface area contributed by atoms with Gasteiger partial charge in [0.1, 0.15) is 5.75 Å². The smallest absolute Gasteiger partial charge is 0.134 e. The van der Waals surface area contributed by atoms with Gasteiger partial charge in [0.25, 0.3) is 0 Å². The van der Waals surface area contributed by atoms with E-state index in [-0.39, 0.29) is 5.75 Å². The molecular weight excluding hydrogens is 198 g/mol. The lowest BCUT2D eigenvalue weighted by Gasteiger charge is -2.24. The molecule has 0 radical (unpaired) electrons. The van der Waals surface area contributed by atoms with Gasteiger partial charge in [0.15, 0.2) is 0 Å². The van der Waals surface area contributed by atoms with Crippen LogP contribution in [0.2, 0.25) is 5.02 Å². The summed E-state index contributed by atoms with van der Waals surface area (Å²) in [5.41, 5.74) is 1.02. The van der Waals surface area contributed by atoms with Crippen LogP contribution in [-0.2, 0) is 0 Å². The van der Waals surface area contributed by atoms with Crippen molar-refractivity contribution in [1.82, 2.24) is 5.32 Å². The highest BCUT2D eigenvalue weighted by Gasteiger charge is 2.18. The molecule has 2 nitrogen and oxygen atoms in total. The maximum absolute atomic E-state index is 9.47. The fourth-order valence-electron chi connectivity index (χ4n) is 1.92. The van der Waals surface area contributed by atoms with Gasteiger partial charge in [-0.2, -0.15) is 0 Å². The van der Waals surface area contributed by atoms with Crippen molar-refractivity contribution in [3.63, 3.8) is 0 Å². The number of hydrogen-bond donors (Lipinski definition) is 2. The third kappa shape index (κ3) is 1.86. The predicted octanol–water partition coefficient (Wildman–Crippen LogP) is 2.86. The van der Waals surface area contributed by atoms with Crippen molar-refractivity contribution in [1.29, 1.82) is 0 Å². The molecule has 0 spiro atoms. The van der Waals surface area contributed by atoms with Gasteiger partial charge in [0, 0.05) is 6.04 Å². The lowest BCUT2D eigenvalue weighted by atomic mass is 9.97. The molecule has 1 unspecified atom stereocenters. The number of piperidine rings is 1. The Morgan fingerprint density at radius 2 is 2.21 bits per heavy atom. The molecule has 2 N–H and O–H groups in total. The molecule has 1 fully saturated rings. The summed E-state index contributed by atoms with van der Waals surface area (Å²) in [4.78, 5) is 0. The van der Waals surface area contributed by atoms with Crippen LogP contribution in [0.15, 0.2) is 18.2 Å². The molecule has 1 aromatic rings. The molecule has 1 atom stereocenters. The van der Waals surface area contributed by atoms with Crippen LogP contribution in [0.5, 0.6) is 5.75 Å². The molecule has 2 rings (SSSR count). The van der Waals surface area contributed by atoms with Gasteiger partial charge < -0.3 is 10.4 Å². The highest BCUT2D eigenvalue weighted by Crippen LogP contribution is 2.33. The van der Waals surface area contributed by atoms with E-state index in [0.717, 1.165) is 18.5 Å². The topological polar surface area (TPSA) is 32.3 Å². The number of phenolic OH excluding ortho intramolecular Hbond substituents is 1. The van der Waals surface area contributed by atoms with Crippen LogP contribution < -0.4 is 5.32 Å².